The molecule has 3 aromatic rings. The summed E-state index contributed by atoms with van der Waals surface area (Å²) >= 11 is 0. The number of hydrogen-bond donors (Lipinski definition) is 2. The van der Waals surface area contributed by atoms with E-state index in [1.165, 1.54) is 0 Å². The highest BCUT2D eigenvalue weighted by atomic mass is 16.5. The highest BCUT2D eigenvalue weighted by molar-refractivity contribution is 5.95. The third-order valence-corrected chi connectivity index (χ3v) is 5.83. The Kier molecular flexibility index (Phi) is 6.11. The molecule has 0 unspecified atom stereocenters. The number of piperidine rings is 1. The van der Waals surface area contributed by atoms with Crippen molar-refractivity contribution in [1.29, 1.82) is 0 Å². The van der Waals surface area contributed by atoms with E-state index in [1.54, 1.807) is 37.3 Å². The van der Waals surface area contributed by atoms with E-state index in [2.05, 4.69) is 10.3 Å². The Bertz CT molecular complexity index is 1090. The van der Waals surface area contributed by atoms with E-state index in [1.807, 2.05) is 30.5 Å². The maximum absolute atomic E-state index is 13.0. The number of aromatic amines is 1. The number of fused-ring (bicyclic) bond motifs is 1. The number of methoxy groups -OCH3 is 2. The monoisotopic (exact) mass is 421 g/mol. The highest BCUT2D eigenvalue weighted by Crippen LogP contribution is 2.30. The molecule has 0 saturated carbocycles. The molecule has 2 N–H and O–H groups in total. The van der Waals surface area contributed by atoms with Crippen LogP contribution >= 0.6 is 0 Å². The van der Waals surface area contributed by atoms with E-state index in [4.69, 9.17) is 9.47 Å². The van der Waals surface area contributed by atoms with Crippen molar-refractivity contribution in [2.24, 2.45) is 5.92 Å². The average Bonchev–Trinajstić information content (AvgIpc) is 3.21. The van der Waals surface area contributed by atoms with E-state index in [0.29, 0.717) is 36.7 Å². The predicted molar refractivity (Wildman–Crippen MR) is 119 cm³/mol. The van der Waals surface area contributed by atoms with Gasteiger partial charge in [0.15, 0.2) is 0 Å². The summed E-state index contributed by atoms with van der Waals surface area (Å²) in [5.41, 5.74) is 2.57. The summed E-state index contributed by atoms with van der Waals surface area (Å²) in [5, 5.41) is 4.01. The van der Waals surface area contributed by atoms with Gasteiger partial charge in [0, 0.05) is 36.3 Å². The first kappa shape index (κ1) is 20.8. The van der Waals surface area contributed by atoms with Gasteiger partial charge in [0.1, 0.15) is 11.5 Å². The van der Waals surface area contributed by atoms with Crippen LogP contribution in [0.15, 0.2) is 48.7 Å². The third-order valence-electron chi connectivity index (χ3n) is 5.83. The topological polar surface area (TPSA) is 83.7 Å². The minimum Gasteiger partial charge on any atom is -0.497 e. The van der Waals surface area contributed by atoms with Crippen molar-refractivity contribution in [2.75, 3.05) is 32.6 Å². The molecule has 0 radical (unpaired) electrons. The smallest absolute Gasteiger partial charge is 0.229 e. The van der Waals surface area contributed by atoms with Gasteiger partial charge in [0.05, 0.1) is 32.2 Å². The molecule has 7 heteroatoms. The van der Waals surface area contributed by atoms with Crippen LogP contribution in [0.1, 0.15) is 18.4 Å². The van der Waals surface area contributed by atoms with Crippen molar-refractivity contribution >= 4 is 28.4 Å². The van der Waals surface area contributed by atoms with Crippen LogP contribution in [-0.2, 0) is 16.0 Å². The number of nitrogens with one attached hydrogen (secondary N) is 2. The van der Waals surface area contributed by atoms with Crippen LogP contribution in [0.25, 0.3) is 10.9 Å². The van der Waals surface area contributed by atoms with E-state index >= 15 is 0 Å². The standard InChI is InChI=1S/C24H27N3O4/c1-30-18-9-10-22(31-2)21(13-18)26-24(29)16-6-5-11-27(15-16)23(28)12-17-14-25-20-8-4-3-7-19(17)20/h3-4,7-10,13-14,16,25H,5-6,11-12,15H2,1-2H3,(H,26,29)/t16-/m1/s1. The summed E-state index contributed by atoms with van der Waals surface area (Å²) in [5.74, 6) is 0.862. The number of rotatable bonds is 6. The zero-order chi connectivity index (χ0) is 21.8. The zero-order valence-corrected chi connectivity index (χ0v) is 17.8. The van der Waals surface area contributed by atoms with Gasteiger partial charge in [-0.3, -0.25) is 9.59 Å². The molecule has 7 nitrogen and oxygen atoms in total. The lowest BCUT2D eigenvalue weighted by atomic mass is 9.96. The summed E-state index contributed by atoms with van der Waals surface area (Å²) in [6.45, 7) is 1.09. The van der Waals surface area contributed by atoms with Crippen LogP contribution in [0.4, 0.5) is 5.69 Å². The fourth-order valence-corrected chi connectivity index (χ4v) is 4.12. The van der Waals surface area contributed by atoms with Crippen LogP contribution in [-0.4, -0.2) is 49.0 Å². The number of hydrogen-bond acceptors (Lipinski definition) is 4. The number of likely N-dealkylation sites (tertiary alicyclic amines) is 1. The van der Waals surface area contributed by atoms with Gasteiger partial charge in [0.2, 0.25) is 11.8 Å². The Balaban J connectivity index is 1.42. The molecule has 1 aromatic heterocycles. The number of para-hydroxylation sites is 1. The van der Waals surface area contributed by atoms with E-state index in [0.717, 1.165) is 29.3 Å². The van der Waals surface area contributed by atoms with Crippen molar-refractivity contribution in [3.05, 3.63) is 54.2 Å². The van der Waals surface area contributed by atoms with Gasteiger partial charge in [-0.2, -0.15) is 0 Å². The Morgan fingerprint density at radius 2 is 2.00 bits per heavy atom. The Hall–Kier alpha value is -3.48. The predicted octanol–water partition coefficient (Wildman–Crippen LogP) is 3.60. The summed E-state index contributed by atoms with van der Waals surface area (Å²) in [6, 6.07) is 13.2. The van der Waals surface area contributed by atoms with Gasteiger partial charge in [-0.1, -0.05) is 18.2 Å². The molecule has 4 rings (SSSR count). The van der Waals surface area contributed by atoms with E-state index in [9.17, 15) is 9.59 Å². The van der Waals surface area contributed by atoms with Crippen molar-refractivity contribution in [3.63, 3.8) is 0 Å². The van der Waals surface area contributed by atoms with Crippen LogP contribution in [0, 0.1) is 5.92 Å². The van der Waals surface area contributed by atoms with E-state index < -0.39 is 0 Å². The van der Waals surface area contributed by atoms with Crippen molar-refractivity contribution in [2.45, 2.75) is 19.3 Å². The number of benzene rings is 2. The molecule has 1 saturated heterocycles. The van der Waals surface area contributed by atoms with Gasteiger partial charge in [-0.15, -0.1) is 0 Å². The van der Waals surface area contributed by atoms with Crippen molar-refractivity contribution in [1.82, 2.24) is 9.88 Å². The molecule has 2 aromatic carbocycles. The molecule has 0 aliphatic carbocycles. The maximum atomic E-state index is 13.0. The lowest BCUT2D eigenvalue weighted by Gasteiger charge is -2.32. The number of carbonyl (C=O) groups is 2. The number of nitrogens with zero attached hydrogens (tertiary/aromatic N) is 1. The fraction of sp³-hybridized carbons (Fsp3) is 0.333. The molecule has 0 spiro atoms. The summed E-state index contributed by atoms with van der Waals surface area (Å²) < 4.78 is 10.6. The first-order valence-corrected chi connectivity index (χ1v) is 10.4. The Labute approximate surface area is 181 Å². The summed E-state index contributed by atoms with van der Waals surface area (Å²) in [4.78, 5) is 30.9. The SMILES string of the molecule is COc1ccc(OC)c(NC(=O)[C@@H]2CCCN(C(=O)Cc3c[nH]c4ccccc34)C2)c1. The molecule has 1 aliphatic rings. The van der Waals surface area contributed by atoms with Crippen molar-refractivity contribution in [3.8, 4) is 11.5 Å². The second kappa shape index (κ2) is 9.12. The van der Waals surface area contributed by atoms with Gasteiger partial charge >= 0.3 is 0 Å². The van der Waals surface area contributed by atoms with Gasteiger partial charge < -0.3 is 24.7 Å². The molecule has 31 heavy (non-hydrogen) atoms. The third kappa shape index (κ3) is 4.50. The molecule has 1 atom stereocenters. The molecular formula is C24H27N3O4. The van der Waals surface area contributed by atoms with Crippen LogP contribution in [0.5, 0.6) is 11.5 Å². The number of aromatic nitrogens is 1. The molecular weight excluding hydrogens is 394 g/mol. The average molecular weight is 421 g/mol. The molecule has 0 bridgehead atoms. The van der Waals surface area contributed by atoms with Crippen LogP contribution < -0.4 is 14.8 Å². The maximum Gasteiger partial charge on any atom is 0.229 e. The quantitative estimate of drug-likeness (QED) is 0.637. The highest BCUT2D eigenvalue weighted by Gasteiger charge is 2.29. The Morgan fingerprint density at radius 3 is 2.81 bits per heavy atom. The molecule has 2 heterocycles. The first-order valence-electron chi connectivity index (χ1n) is 10.4. The number of carbonyl (C=O) groups excluding carboxylic acids is 2. The molecule has 1 aliphatic heterocycles. The fourth-order valence-electron chi connectivity index (χ4n) is 4.12. The first-order chi connectivity index (χ1) is 15.1. The van der Waals surface area contributed by atoms with Gasteiger partial charge in [-0.05, 0) is 36.6 Å². The zero-order valence-electron chi connectivity index (χ0n) is 17.8. The lowest BCUT2D eigenvalue weighted by Crippen LogP contribution is -2.44. The Morgan fingerprint density at radius 1 is 1.16 bits per heavy atom. The number of anilines is 1. The lowest BCUT2D eigenvalue weighted by molar-refractivity contribution is -0.133. The van der Waals surface area contributed by atoms with Crippen LogP contribution in [0.3, 0.4) is 0 Å². The van der Waals surface area contributed by atoms with Crippen LogP contribution in [0.2, 0.25) is 0 Å². The molecule has 162 valence electrons. The molecule has 2 amide bonds. The number of amides is 2. The summed E-state index contributed by atoms with van der Waals surface area (Å²) in [6.07, 6.45) is 3.76. The van der Waals surface area contributed by atoms with Gasteiger partial charge in [0.25, 0.3) is 0 Å². The summed E-state index contributed by atoms with van der Waals surface area (Å²) in [7, 11) is 3.13. The van der Waals surface area contributed by atoms with E-state index in [-0.39, 0.29) is 17.7 Å². The minimum absolute atomic E-state index is 0.0428. The van der Waals surface area contributed by atoms with Crippen molar-refractivity contribution < 1.29 is 19.1 Å². The second-order valence-electron chi connectivity index (χ2n) is 7.77. The molecule has 1 fully saturated rings. The normalized spacial score (nSPS) is 16.2. The van der Waals surface area contributed by atoms with Gasteiger partial charge in [-0.25, -0.2) is 0 Å². The number of ether oxygens (including phenoxy) is 2. The number of H-pyrrole nitrogens is 1. The minimum atomic E-state index is -0.267. The second-order valence-corrected chi connectivity index (χ2v) is 7.77. The largest absolute Gasteiger partial charge is 0.497 e.